The summed E-state index contributed by atoms with van der Waals surface area (Å²) in [6.45, 7) is 4.77. The molecule has 0 aliphatic rings. The summed E-state index contributed by atoms with van der Waals surface area (Å²) < 4.78 is 31.7. The van der Waals surface area contributed by atoms with Crippen LogP contribution in [-0.2, 0) is 16.4 Å². The molecular weight excluding hydrogens is 476 g/mol. The van der Waals surface area contributed by atoms with Crippen LogP contribution in [0.4, 0.5) is 0 Å². The standard InChI is InChI=1S/C26H30N6O3S/c1-17(16-32(4)5)36(33,34)22-12-10-20(11-13-22)23-15-28-18(2)24(29-23)26-31-30-25(35-26)21-8-6-19(7-9-21)14-27-3/h6-13,15,17,27H,14,16H2,1-5H3. The van der Waals surface area contributed by atoms with Gasteiger partial charge in [-0.2, -0.15) is 0 Å². The van der Waals surface area contributed by atoms with Gasteiger partial charge in [0, 0.05) is 24.2 Å². The number of benzene rings is 2. The van der Waals surface area contributed by atoms with Gasteiger partial charge in [-0.3, -0.25) is 4.98 Å². The van der Waals surface area contributed by atoms with E-state index in [1.54, 1.807) is 37.4 Å². The molecule has 2 aromatic heterocycles. The topological polar surface area (TPSA) is 114 Å². The average molecular weight is 507 g/mol. The van der Waals surface area contributed by atoms with Gasteiger partial charge in [0.15, 0.2) is 9.84 Å². The van der Waals surface area contributed by atoms with Crippen molar-refractivity contribution in [2.75, 3.05) is 27.7 Å². The molecule has 9 nitrogen and oxygen atoms in total. The highest BCUT2D eigenvalue weighted by Crippen LogP contribution is 2.28. The van der Waals surface area contributed by atoms with Gasteiger partial charge in [0.05, 0.1) is 27.7 Å². The number of rotatable bonds is 9. The fraction of sp³-hybridized carbons (Fsp3) is 0.308. The lowest BCUT2D eigenvalue weighted by Crippen LogP contribution is -2.30. The minimum atomic E-state index is -3.44. The molecule has 1 N–H and O–H groups in total. The summed E-state index contributed by atoms with van der Waals surface area (Å²) in [6.07, 6.45) is 1.65. The monoisotopic (exact) mass is 506 g/mol. The fourth-order valence-electron chi connectivity index (χ4n) is 3.86. The van der Waals surface area contributed by atoms with E-state index in [1.807, 2.05) is 57.2 Å². The molecule has 2 heterocycles. The fourth-order valence-corrected chi connectivity index (χ4v) is 5.33. The van der Waals surface area contributed by atoms with Crippen LogP contribution >= 0.6 is 0 Å². The third kappa shape index (κ3) is 5.51. The van der Waals surface area contributed by atoms with Gasteiger partial charge in [0.2, 0.25) is 5.89 Å². The van der Waals surface area contributed by atoms with E-state index in [0.29, 0.717) is 29.5 Å². The number of nitrogens with one attached hydrogen (secondary N) is 1. The minimum absolute atomic E-state index is 0.271. The average Bonchev–Trinajstić information content (AvgIpc) is 3.35. The number of aromatic nitrogens is 4. The zero-order valence-corrected chi connectivity index (χ0v) is 21.9. The molecular formula is C26H30N6O3S. The van der Waals surface area contributed by atoms with Crippen molar-refractivity contribution in [3.05, 3.63) is 66.0 Å². The Morgan fingerprint density at radius 2 is 1.61 bits per heavy atom. The van der Waals surface area contributed by atoms with Crippen LogP contribution in [-0.4, -0.2) is 66.4 Å². The van der Waals surface area contributed by atoms with Crippen molar-refractivity contribution < 1.29 is 12.8 Å². The molecule has 1 unspecified atom stereocenters. The Balaban J connectivity index is 1.59. The van der Waals surface area contributed by atoms with Crippen molar-refractivity contribution in [2.24, 2.45) is 0 Å². The molecule has 0 aliphatic carbocycles. The highest BCUT2D eigenvalue weighted by Gasteiger charge is 2.24. The normalized spacial score (nSPS) is 12.7. The summed E-state index contributed by atoms with van der Waals surface area (Å²) >= 11 is 0. The Hall–Kier alpha value is -3.47. The zero-order valence-electron chi connectivity index (χ0n) is 21.1. The number of sulfone groups is 1. The lowest BCUT2D eigenvalue weighted by molar-refractivity contribution is 0.405. The first-order valence-corrected chi connectivity index (χ1v) is 13.1. The highest BCUT2D eigenvalue weighted by atomic mass is 32.2. The van der Waals surface area contributed by atoms with Crippen molar-refractivity contribution in [1.82, 2.24) is 30.4 Å². The van der Waals surface area contributed by atoms with E-state index >= 15 is 0 Å². The van der Waals surface area contributed by atoms with E-state index in [4.69, 9.17) is 9.40 Å². The molecule has 36 heavy (non-hydrogen) atoms. The molecule has 0 fully saturated rings. The Labute approximate surface area is 211 Å². The van der Waals surface area contributed by atoms with Crippen molar-refractivity contribution in [2.45, 2.75) is 30.5 Å². The Kier molecular flexibility index (Phi) is 7.58. The third-order valence-electron chi connectivity index (χ3n) is 5.80. The molecule has 0 saturated heterocycles. The van der Waals surface area contributed by atoms with E-state index in [1.165, 1.54) is 0 Å². The van der Waals surface area contributed by atoms with E-state index in [0.717, 1.165) is 23.2 Å². The van der Waals surface area contributed by atoms with E-state index < -0.39 is 15.1 Å². The van der Waals surface area contributed by atoms with Crippen molar-refractivity contribution in [3.8, 4) is 34.3 Å². The van der Waals surface area contributed by atoms with Crippen LogP contribution in [0.5, 0.6) is 0 Å². The first-order valence-electron chi connectivity index (χ1n) is 11.6. The van der Waals surface area contributed by atoms with Crippen LogP contribution in [0.25, 0.3) is 34.3 Å². The highest BCUT2D eigenvalue weighted by molar-refractivity contribution is 7.92. The summed E-state index contributed by atoms with van der Waals surface area (Å²) in [5.74, 6) is 0.668. The van der Waals surface area contributed by atoms with Gasteiger partial charge in [-0.1, -0.05) is 24.3 Å². The van der Waals surface area contributed by atoms with Crippen LogP contribution < -0.4 is 5.32 Å². The molecule has 2 aromatic carbocycles. The van der Waals surface area contributed by atoms with Gasteiger partial charge < -0.3 is 14.6 Å². The summed E-state index contributed by atoms with van der Waals surface area (Å²) in [6, 6.07) is 14.6. The molecule has 0 aliphatic heterocycles. The molecule has 0 radical (unpaired) electrons. The summed E-state index contributed by atoms with van der Waals surface area (Å²) in [5.41, 5.74) is 4.42. The van der Waals surface area contributed by atoms with Crippen LogP contribution in [0.15, 0.2) is 64.0 Å². The minimum Gasteiger partial charge on any atom is -0.415 e. The molecule has 10 heteroatoms. The quantitative estimate of drug-likeness (QED) is 0.363. The molecule has 4 rings (SSSR count). The predicted octanol–water partition coefficient (Wildman–Crippen LogP) is 3.61. The van der Waals surface area contributed by atoms with Crippen LogP contribution in [0.3, 0.4) is 0 Å². The largest absolute Gasteiger partial charge is 0.415 e. The maximum Gasteiger partial charge on any atom is 0.268 e. The maximum atomic E-state index is 12.9. The molecule has 4 aromatic rings. The predicted molar refractivity (Wildman–Crippen MR) is 139 cm³/mol. The third-order valence-corrected chi connectivity index (χ3v) is 7.93. The van der Waals surface area contributed by atoms with Gasteiger partial charge in [0.1, 0.15) is 5.69 Å². The summed E-state index contributed by atoms with van der Waals surface area (Å²) in [4.78, 5) is 11.3. The first-order chi connectivity index (χ1) is 17.2. The maximum absolute atomic E-state index is 12.9. The molecule has 0 saturated carbocycles. The molecule has 0 bridgehead atoms. The van der Waals surface area contributed by atoms with Crippen molar-refractivity contribution in [3.63, 3.8) is 0 Å². The number of aryl methyl sites for hydroxylation is 1. The second-order valence-electron chi connectivity index (χ2n) is 8.97. The lowest BCUT2D eigenvalue weighted by Gasteiger charge is -2.17. The first kappa shape index (κ1) is 25.6. The van der Waals surface area contributed by atoms with Gasteiger partial charge >= 0.3 is 0 Å². The van der Waals surface area contributed by atoms with E-state index in [2.05, 4.69) is 20.5 Å². The smallest absolute Gasteiger partial charge is 0.268 e. The Morgan fingerprint density at radius 1 is 0.972 bits per heavy atom. The molecule has 188 valence electrons. The number of hydrogen-bond donors (Lipinski definition) is 1. The SMILES string of the molecule is CNCc1ccc(-c2nnc(-c3nc(-c4ccc(S(=O)(=O)C(C)CN(C)C)cc4)cnc3C)o2)cc1. The summed E-state index contributed by atoms with van der Waals surface area (Å²) in [7, 11) is 2.18. The number of hydrogen-bond acceptors (Lipinski definition) is 9. The summed E-state index contributed by atoms with van der Waals surface area (Å²) in [5, 5.41) is 11.0. The van der Waals surface area contributed by atoms with Gasteiger partial charge in [-0.25, -0.2) is 13.4 Å². The lowest BCUT2D eigenvalue weighted by atomic mass is 10.1. The van der Waals surface area contributed by atoms with Crippen molar-refractivity contribution >= 4 is 9.84 Å². The molecule has 0 spiro atoms. The molecule has 1 atom stereocenters. The van der Waals surface area contributed by atoms with Gasteiger partial charge in [0.25, 0.3) is 5.89 Å². The Bertz CT molecular complexity index is 1430. The van der Waals surface area contributed by atoms with Crippen LogP contribution in [0.2, 0.25) is 0 Å². The van der Waals surface area contributed by atoms with Gasteiger partial charge in [-0.05, 0) is 64.8 Å². The molecule has 0 amide bonds. The van der Waals surface area contributed by atoms with Gasteiger partial charge in [-0.15, -0.1) is 10.2 Å². The second-order valence-corrected chi connectivity index (χ2v) is 11.3. The zero-order chi connectivity index (χ0) is 25.9. The van der Waals surface area contributed by atoms with Crippen LogP contribution in [0.1, 0.15) is 18.2 Å². The van der Waals surface area contributed by atoms with E-state index in [9.17, 15) is 8.42 Å². The van der Waals surface area contributed by atoms with Crippen molar-refractivity contribution in [1.29, 1.82) is 0 Å². The number of nitrogens with zero attached hydrogens (tertiary/aromatic N) is 5. The van der Waals surface area contributed by atoms with E-state index in [-0.39, 0.29) is 10.8 Å². The Morgan fingerprint density at radius 3 is 2.25 bits per heavy atom. The second kappa shape index (κ2) is 10.7. The van der Waals surface area contributed by atoms with Crippen LogP contribution in [0, 0.1) is 6.92 Å².